The van der Waals surface area contributed by atoms with E-state index in [0.717, 1.165) is 0 Å². The van der Waals surface area contributed by atoms with Gasteiger partial charge in [-0.3, -0.25) is 5.21 Å². The highest BCUT2D eigenvalue weighted by atomic mass is 16.5. The topological polar surface area (TPSA) is 66.3 Å². The van der Waals surface area contributed by atoms with Crippen LogP contribution in [0.25, 0.3) is 0 Å². The zero-order valence-electron chi connectivity index (χ0n) is 6.03. The summed E-state index contributed by atoms with van der Waals surface area (Å²) in [5, 5.41) is 10.5. The molecule has 5 heteroatoms. The van der Waals surface area contributed by atoms with Crippen LogP contribution in [0.5, 0.6) is 0 Å². The maximum Gasteiger partial charge on any atom is 0.342 e. The third-order valence-corrected chi connectivity index (χ3v) is 1.19. The number of hydrogen-bond donors (Lipinski definition) is 3. The first kappa shape index (κ1) is 7.62. The number of nitrogens with one attached hydrogen (secondary N) is 2. The molecule has 0 spiro atoms. The maximum absolute atomic E-state index is 10.5. The summed E-state index contributed by atoms with van der Waals surface area (Å²) >= 11 is 0. The van der Waals surface area contributed by atoms with E-state index in [4.69, 9.17) is 5.21 Å². The molecule has 0 aliphatic carbocycles. The van der Waals surface area contributed by atoms with Crippen LogP contribution in [0.4, 0.5) is 10.5 Å². The predicted octanol–water partition coefficient (Wildman–Crippen LogP) is 0.536. The van der Waals surface area contributed by atoms with Gasteiger partial charge in [0.05, 0.1) is 5.69 Å². The Morgan fingerprint density at radius 2 is 2.45 bits per heavy atom. The molecule has 1 heterocycles. The van der Waals surface area contributed by atoms with Gasteiger partial charge in [0, 0.05) is 19.4 Å². The summed E-state index contributed by atoms with van der Waals surface area (Å²) in [7, 11) is 1.84. The molecule has 0 aromatic carbocycles. The Kier molecular flexibility index (Phi) is 2.12. The lowest BCUT2D eigenvalue weighted by atomic mass is 10.5. The minimum atomic E-state index is -0.642. The Bertz CT molecular complexity index is 256. The first-order valence-electron chi connectivity index (χ1n) is 3.05. The Balaban J connectivity index is 2.57. The zero-order valence-corrected chi connectivity index (χ0v) is 6.03. The molecule has 0 saturated carbocycles. The number of amides is 2. The summed E-state index contributed by atoms with van der Waals surface area (Å²) in [5.74, 6) is 0. The number of aromatic nitrogens is 1. The van der Waals surface area contributed by atoms with Crippen LogP contribution in [-0.2, 0) is 7.05 Å². The number of hydrogen-bond acceptors (Lipinski definition) is 2. The highest BCUT2D eigenvalue weighted by Gasteiger charge is 1.98. The molecule has 60 valence electrons. The molecule has 1 aromatic heterocycles. The van der Waals surface area contributed by atoms with Gasteiger partial charge in [-0.2, -0.15) is 0 Å². The average Bonchev–Trinajstić information content (AvgIpc) is 2.35. The van der Waals surface area contributed by atoms with Crippen LogP contribution >= 0.6 is 0 Å². The van der Waals surface area contributed by atoms with E-state index < -0.39 is 6.03 Å². The first-order chi connectivity index (χ1) is 5.22. The third-order valence-electron chi connectivity index (χ3n) is 1.19. The van der Waals surface area contributed by atoms with Crippen molar-refractivity contribution >= 4 is 11.7 Å². The normalized spacial score (nSPS) is 9.27. The highest BCUT2D eigenvalue weighted by molar-refractivity contribution is 5.88. The summed E-state index contributed by atoms with van der Waals surface area (Å²) in [6, 6.07) is 1.08. The van der Waals surface area contributed by atoms with Gasteiger partial charge in [0.1, 0.15) is 0 Å². The smallest absolute Gasteiger partial charge is 0.342 e. The number of hydroxylamine groups is 1. The van der Waals surface area contributed by atoms with Gasteiger partial charge >= 0.3 is 6.03 Å². The van der Waals surface area contributed by atoms with Crippen molar-refractivity contribution in [1.82, 2.24) is 10.0 Å². The van der Waals surface area contributed by atoms with Crippen LogP contribution in [0, 0.1) is 0 Å². The van der Waals surface area contributed by atoms with Crippen molar-refractivity contribution in [2.45, 2.75) is 0 Å². The van der Waals surface area contributed by atoms with Crippen LogP contribution in [0.15, 0.2) is 18.5 Å². The Labute approximate surface area is 63.6 Å². The molecule has 0 atom stereocenters. The van der Waals surface area contributed by atoms with Crippen LogP contribution in [0.1, 0.15) is 0 Å². The van der Waals surface area contributed by atoms with Gasteiger partial charge in [-0.25, -0.2) is 10.3 Å². The van der Waals surface area contributed by atoms with Crippen LogP contribution in [-0.4, -0.2) is 15.8 Å². The van der Waals surface area contributed by atoms with Crippen molar-refractivity contribution in [1.29, 1.82) is 0 Å². The molecule has 2 amide bonds. The van der Waals surface area contributed by atoms with Crippen molar-refractivity contribution < 1.29 is 10.0 Å². The van der Waals surface area contributed by atoms with Gasteiger partial charge in [-0.15, -0.1) is 0 Å². The van der Waals surface area contributed by atoms with E-state index in [1.54, 1.807) is 23.0 Å². The van der Waals surface area contributed by atoms with E-state index in [1.165, 1.54) is 5.48 Å². The average molecular weight is 155 g/mol. The van der Waals surface area contributed by atoms with Crippen molar-refractivity contribution in [3.05, 3.63) is 18.5 Å². The van der Waals surface area contributed by atoms with Gasteiger partial charge in [-0.05, 0) is 6.07 Å². The van der Waals surface area contributed by atoms with Crippen molar-refractivity contribution in [3.8, 4) is 0 Å². The number of nitrogens with zero attached hydrogens (tertiary/aromatic N) is 1. The molecular formula is C6H9N3O2. The zero-order chi connectivity index (χ0) is 8.27. The lowest BCUT2D eigenvalue weighted by Crippen LogP contribution is -2.24. The third kappa shape index (κ3) is 1.98. The Morgan fingerprint density at radius 3 is 2.91 bits per heavy atom. The van der Waals surface area contributed by atoms with E-state index in [2.05, 4.69) is 5.32 Å². The van der Waals surface area contributed by atoms with Crippen LogP contribution in [0.2, 0.25) is 0 Å². The van der Waals surface area contributed by atoms with Gasteiger partial charge in [0.15, 0.2) is 0 Å². The first-order valence-corrected chi connectivity index (χ1v) is 3.05. The number of carbonyl (C=O) groups excluding carboxylic acids is 1. The van der Waals surface area contributed by atoms with Crippen molar-refractivity contribution in [3.63, 3.8) is 0 Å². The van der Waals surface area contributed by atoms with Gasteiger partial charge in [0.25, 0.3) is 0 Å². The minimum Gasteiger partial charge on any atom is -0.355 e. The molecule has 0 fully saturated rings. The number of anilines is 1. The number of urea groups is 1. The second-order valence-electron chi connectivity index (χ2n) is 2.13. The lowest BCUT2D eigenvalue weighted by molar-refractivity contribution is 0.172. The molecule has 1 rings (SSSR count). The molecule has 1 aromatic rings. The predicted molar refractivity (Wildman–Crippen MR) is 39.4 cm³/mol. The standard InChI is InChI=1S/C6H9N3O2/c1-9-3-2-5(4-9)7-6(10)8-11/h2-4,11H,1H3,(H2,7,8,10). The van der Waals surface area contributed by atoms with Crippen LogP contribution < -0.4 is 10.8 Å². The fraction of sp³-hybridized carbons (Fsp3) is 0.167. The summed E-state index contributed by atoms with van der Waals surface area (Å²) in [6.07, 6.45) is 3.50. The molecule has 11 heavy (non-hydrogen) atoms. The van der Waals surface area contributed by atoms with Gasteiger partial charge < -0.3 is 9.88 Å². The molecule has 0 bridgehead atoms. The molecule has 3 N–H and O–H groups in total. The van der Waals surface area contributed by atoms with Gasteiger partial charge in [0.2, 0.25) is 0 Å². The summed E-state index contributed by atoms with van der Waals surface area (Å²) in [6.45, 7) is 0. The van der Waals surface area contributed by atoms with E-state index in [1.807, 2.05) is 7.05 Å². The molecule has 0 aliphatic rings. The van der Waals surface area contributed by atoms with Crippen molar-refractivity contribution in [2.24, 2.45) is 7.05 Å². The van der Waals surface area contributed by atoms with E-state index in [9.17, 15) is 4.79 Å². The van der Waals surface area contributed by atoms with Crippen LogP contribution in [0.3, 0.4) is 0 Å². The Morgan fingerprint density at radius 1 is 1.73 bits per heavy atom. The number of aryl methyl sites for hydroxylation is 1. The fourth-order valence-corrected chi connectivity index (χ4v) is 0.736. The quantitative estimate of drug-likeness (QED) is 0.409. The van der Waals surface area contributed by atoms with Crippen molar-refractivity contribution in [2.75, 3.05) is 5.32 Å². The number of carbonyl (C=O) groups is 1. The van der Waals surface area contributed by atoms with E-state index >= 15 is 0 Å². The Hall–Kier alpha value is -1.49. The molecule has 5 nitrogen and oxygen atoms in total. The second kappa shape index (κ2) is 3.07. The summed E-state index contributed by atoms with van der Waals surface area (Å²) in [5.41, 5.74) is 2.10. The maximum atomic E-state index is 10.5. The number of rotatable bonds is 1. The summed E-state index contributed by atoms with van der Waals surface area (Å²) in [4.78, 5) is 10.5. The largest absolute Gasteiger partial charge is 0.355 e. The second-order valence-corrected chi connectivity index (χ2v) is 2.13. The fourth-order valence-electron chi connectivity index (χ4n) is 0.736. The van der Waals surface area contributed by atoms with E-state index in [-0.39, 0.29) is 0 Å². The minimum absolute atomic E-state index is 0.638. The van der Waals surface area contributed by atoms with E-state index in [0.29, 0.717) is 5.69 Å². The molecule has 0 aliphatic heterocycles. The molecule has 0 unspecified atom stereocenters. The molecular weight excluding hydrogens is 146 g/mol. The monoisotopic (exact) mass is 155 g/mol. The molecule has 0 radical (unpaired) electrons. The summed E-state index contributed by atoms with van der Waals surface area (Å²) < 4.78 is 1.78. The van der Waals surface area contributed by atoms with Gasteiger partial charge in [-0.1, -0.05) is 0 Å². The molecule has 0 saturated heterocycles. The highest BCUT2D eigenvalue weighted by Crippen LogP contribution is 2.04. The lowest BCUT2D eigenvalue weighted by Gasteiger charge is -1.98. The SMILES string of the molecule is Cn1ccc(NC(=O)NO)c1.